The summed E-state index contributed by atoms with van der Waals surface area (Å²) >= 11 is 0. The van der Waals surface area contributed by atoms with Crippen LogP contribution in [0, 0.1) is 0 Å². The number of aromatic nitrogens is 1. The lowest BCUT2D eigenvalue weighted by Crippen LogP contribution is -2.19. The smallest absolute Gasteiger partial charge is 0.227 e. The number of benzene rings is 7. The molecule has 0 fully saturated rings. The molecule has 1 aliphatic heterocycles. The third kappa shape index (κ3) is 6.23. The van der Waals surface area contributed by atoms with Gasteiger partial charge in [0.25, 0.3) is 0 Å². The number of oxazole rings is 1. The van der Waals surface area contributed by atoms with E-state index in [9.17, 15) is 0 Å². The number of nitrogens with zero attached hydrogens (tertiary/aromatic N) is 4. The molecule has 0 bridgehead atoms. The molecule has 7 aromatic carbocycles. The van der Waals surface area contributed by atoms with Crippen molar-refractivity contribution < 1.29 is 9.15 Å². The lowest BCUT2D eigenvalue weighted by molar-refractivity contribution is 0.255. The maximum absolute atomic E-state index is 6.23. The average molecular weight is 725 g/mol. The first kappa shape index (κ1) is 33.2. The quantitative estimate of drug-likeness (QED) is 0.148. The number of fused-ring (bicyclic) bond motifs is 2. The van der Waals surface area contributed by atoms with Gasteiger partial charge in [0.2, 0.25) is 11.8 Å². The van der Waals surface area contributed by atoms with Gasteiger partial charge in [-0.05, 0) is 103 Å². The van der Waals surface area contributed by atoms with Crippen LogP contribution < -0.4 is 9.80 Å². The molecule has 0 spiro atoms. The highest BCUT2D eigenvalue weighted by molar-refractivity contribution is 5.98. The summed E-state index contributed by atoms with van der Waals surface area (Å²) < 4.78 is 12.3. The molecule has 6 nitrogen and oxygen atoms in total. The monoisotopic (exact) mass is 724 g/mol. The number of hydrogen-bond donors (Lipinski definition) is 0. The zero-order valence-corrected chi connectivity index (χ0v) is 30.4. The van der Waals surface area contributed by atoms with Gasteiger partial charge in [0.05, 0.1) is 11.4 Å². The minimum absolute atomic E-state index is 0.0180. The molecule has 2 heterocycles. The number of ether oxygens (including phenoxy) is 1. The molecule has 0 amide bonds. The predicted molar refractivity (Wildman–Crippen MR) is 228 cm³/mol. The van der Waals surface area contributed by atoms with E-state index in [-0.39, 0.29) is 12.1 Å². The van der Waals surface area contributed by atoms with E-state index in [1.807, 2.05) is 36.4 Å². The van der Waals surface area contributed by atoms with E-state index >= 15 is 0 Å². The third-order valence-electron chi connectivity index (χ3n) is 10.2. The fraction of sp³-hybridized carbons (Fsp3) is 0.0400. The lowest BCUT2D eigenvalue weighted by atomic mass is 9.98. The summed E-state index contributed by atoms with van der Waals surface area (Å²) in [6, 6.07) is 63.1. The second-order valence-electron chi connectivity index (χ2n) is 13.7. The first-order chi connectivity index (χ1) is 27.8. The van der Waals surface area contributed by atoms with Gasteiger partial charge in [0.15, 0.2) is 5.58 Å². The van der Waals surface area contributed by atoms with E-state index in [1.165, 1.54) is 0 Å². The SMILES string of the molecule is C1=CC2N=C(c3ccc(N(c4ccccc4)c4ccccc4-c4ccccc4N(c4ccccc4)c4ccc(-c5nc6ccccc6o5)cc4)cc3)OC2C=C1. The first-order valence-corrected chi connectivity index (χ1v) is 18.8. The van der Waals surface area contributed by atoms with Gasteiger partial charge in [-0.2, -0.15) is 0 Å². The molecule has 10 rings (SSSR count). The summed E-state index contributed by atoms with van der Waals surface area (Å²) in [6.07, 6.45) is 8.15. The Bertz CT molecular complexity index is 2700. The Balaban J connectivity index is 1.06. The van der Waals surface area contributed by atoms with Crippen LogP contribution in [0.25, 0.3) is 33.7 Å². The fourth-order valence-electron chi connectivity index (χ4n) is 7.54. The molecule has 56 heavy (non-hydrogen) atoms. The Hall–Kier alpha value is -7.44. The van der Waals surface area contributed by atoms with Crippen molar-refractivity contribution in [2.75, 3.05) is 9.80 Å². The summed E-state index contributed by atoms with van der Waals surface area (Å²) in [7, 11) is 0. The van der Waals surface area contributed by atoms with Crippen LogP contribution in [0.2, 0.25) is 0 Å². The number of aliphatic imine (C=N–C) groups is 1. The van der Waals surface area contributed by atoms with Crippen LogP contribution in [0.3, 0.4) is 0 Å². The van der Waals surface area contributed by atoms with Gasteiger partial charge < -0.3 is 19.0 Å². The van der Waals surface area contributed by atoms with Crippen molar-refractivity contribution in [1.82, 2.24) is 4.98 Å². The minimum atomic E-state index is -0.0515. The number of allylic oxidation sites excluding steroid dienone is 2. The van der Waals surface area contributed by atoms with Crippen molar-refractivity contribution in [1.29, 1.82) is 0 Å². The molecule has 8 aromatic rings. The largest absolute Gasteiger partial charge is 0.467 e. The molecule has 268 valence electrons. The molecule has 2 unspecified atom stereocenters. The molecule has 2 aliphatic rings. The molecule has 0 saturated carbocycles. The van der Waals surface area contributed by atoms with Gasteiger partial charge in [0, 0.05) is 45.0 Å². The summed E-state index contributed by atoms with van der Waals surface area (Å²) in [5, 5.41) is 0. The number of para-hydroxylation sites is 6. The fourth-order valence-corrected chi connectivity index (χ4v) is 7.54. The van der Waals surface area contributed by atoms with Crippen molar-refractivity contribution in [3.63, 3.8) is 0 Å². The van der Waals surface area contributed by atoms with Gasteiger partial charge in [0.1, 0.15) is 17.7 Å². The van der Waals surface area contributed by atoms with Crippen LogP contribution in [0.15, 0.2) is 216 Å². The van der Waals surface area contributed by atoms with Gasteiger partial charge >= 0.3 is 0 Å². The highest BCUT2D eigenvalue weighted by Gasteiger charge is 2.29. The van der Waals surface area contributed by atoms with Crippen LogP contribution in [-0.4, -0.2) is 23.0 Å². The molecule has 1 aliphatic carbocycles. The molecule has 0 N–H and O–H groups in total. The lowest BCUT2D eigenvalue weighted by Gasteiger charge is -2.31. The van der Waals surface area contributed by atoms with Crippen LogP contribution in [0.5, 0.6) is 0 Å². The minimum Gasteiger partial charge on any atom is -0.467 e. The summed E-state index contributed by atoms with van der Waals surface area (Å²) in [5.41, 5.74) is 11.9. The third-order valence-corrected chi connectivity index (χ3v) is 10.2. The van der Waals surface area contributed by atoms with Gasteiger partial charge in [-0.3, -0.25) is 0 Å². The van der Waals surface area contributed by atoms with E-state index in [0.29, 0.717) is 11.8 Å². The Morgan fingerprint density at radius 1 is 0.446 bits per heavy atom. The van der Waals surface area contributed by atoms with Crippen molar-refractivity contribution in [3.05, 3.63) is 212 Å². The van der Waals surface area contributed by atoms with Crippen LogP contribution in [-0.2, 0) is 4.74 Å². The second-order valence-corrected chi connectivity index (χ2v) is 13.7. The maximum Gasteiger partial charge on any atom is 0.227 e. The van der Waals surface area contributed by atoms with E-state index in [0.717, 1.165) is 67.5 Å². The van der Waals surface area contributed by atoms with Gasteiger partial charge in [-0.15, -0.1) is 0 Å². The zero-order valence-electron chi connectivity index (χ0n) is 30.4. The van der Waals surface area contributed by atoms with Crippen molar-refractivity contribution in [3.8, 4) is 22.6 Å². The predicted octanol–water partition coefficient (Wildman–Crippen LogP) is 12.7. The number of anilines is 6. The van der Waals surface area contributed by atoms with Gasteiger partial charge in [-0.1, -0.05) is 103 Å². The normalized spacial score (nSPS) is 15.6. The topological polar surface area (TPSA) is 54.1 Å². The van der Waals surface area contributed by atoms with Crippen molar-refractivity contribution in [2.45, 2.75) is 12.1 Å². The van der Waals surface area contributed by atoms with Crippen LogP contribution >= 0.6 is 0 Å². The Labute approximate surface area is 325 Å². The molecule has 6 heteroatoms. The number of rotatable bonds is 9. The van der Waals surface area contributed by atoms with Crippen LogP contribution in [0.4, 0.5) is 34.1 Å². The van der Waals surface area contributed by atoms with E-state index in [2.05, 4.69) is 180 Å². The van der Waals surface area contributed by atoms with Gasteiger partial charge in [-0.25, -0.2) is 9.98 Å². The Kier molecular flexibility index (Phi) is 8.54. The summed E-state index contributed by atoms with van der Waals surface area (Å²) in [4.78, 5) is 14.2. The van der Waals surface area contributed by atoms with E-state index in [1.54, 1.807) is 0 Å². The van der Waals surface area contributed by atoms with E-state index in [4.69, 9.17) is 19.1 Å². The van der Waals surface area contributed by atoms with E-state index < -0.39 is 0 Å². The standard InChI is InChI=1S/C50H36N4O2/c1-3-15-37(16-4-1)53(39-31-27-35(28-32-39)49-51-43-21-9-13-25-47(43)55-49)45-23-11-7-19-41(45)42-20-8-12-24-46(42)54(38-17-5-2-6-18-38)40-33-29-36(30-34-40)50-52-44-22-10-14-26-48(44)56-50/h1-34,43,47H. The molecule has 2 atom stereocenters. The molecular formula is C50H36N4O2. The van der Waals surface area contributed by atoms with Crippen LogP contribution in [0.1, 0.15) is 5.56 Å². The highest BCUT2D eigenvalue weighted by atomic mass is 16.5. The Morgan fingerprint density at radius 3 is 1.54 bits per heavy atom. The number of hydrogen-bond acceptors (Lipinski definition) is 6. The molecule has 1 aromatic heterocycles. The highest BCUT2D eigenvalue weighted by Crippen LogP contribution is 2.46. The summed E-state index contributed by atoms with van der Waals surface area (Å²) in [5.74, 6) is 1.27. The maximum atomic E-state index is 6.23. The van der Waals surface area contributed by atoms with Crippen molar-refractivity contribution >= 4 is 51.1 Å². The molecule has 0 saturated heterocycles. The second kappa shape index (κ2) is 14.4. The Morgan fingerprint density at radius 2 is 0.946 bits per heavy atom. The average Bonchev–Trinajstić information content (AvgIpc) is 3.91. The molecule has 0 radical (unpaired) electrons. The summed E-state index contributed by atoms with van der Waals surface area (Å²) in [6.45, 7) is 0. The van der Waals surface area contributed by atoms with Crippen molar-refractivity contribution in [2.24, 2.45) is 4.99 Å². The zero-order chi connectivity index (χ0) is 37.3. The first-order valence-electron chi connectivity index (χ1n) is 18.8. The molecular weight excluding hydrogens is 689 g/mol.